The molecule has 0 unspecified atom stereocenters. The number of ether oxygens (including phenoxy) is 2. The highest BCUT2D eigenvalue weighted by molar-refractivity contribution is 5.71. The average molecular weight is 390 g/mol. The number of hydrogen-bond donors (Lipinski definition) is 6. The number of benzene rings is 2. The second-order valence-corrected chi connectivity index (χ2v) is 6.50. The highest BCUT2D eigenvalue weighted by Crippen LogP contribution is 2.28. The number of aliphatic hydroxyl groups excluding tert-OH is 4. The summed E-state index contributed by atoms with van der Waals surface area (Å²) in [6, 6.07) is 10.9. The maximum Gasteiger partial charge on any atom is 0.229 e. The Morgan fingerprint density at radius 2 is 1.50 bits per heavy atom. The zero-order valence-corrected chi connectivity index (χ0v) is 14.8. The number of aliphatic hydroxyl groups is 4. The molecule has 150 valence electrons. The molecule has 1 fully saturated rings. The summed E-state index contributed by atoms with van der Waals surface area (Å²) in [6.07, 6.45) is -3.52. The Morgan fingerprint density at radius 3 is 2.18 bits per heavy atom. The summed E-state index contributed by atoms with van der Waals surface area (Å²) < 4.78 is 10.8. The molecule has 0 radical (unpaired) electrons. The molecule has 0 bridgehead atoms. The normalized spacial score (nSPS) is 27.8. The first kappa shape index (κ1) is 20.1. The Kier molecular flexibility index (Phi) is 6.18. The minimum absolute atomic E-state index is 0.0903. The van der Waals surface area contributed by atoms with Crippen molar-refractivity contribution in [2.75, 3.05) is 6.61 Å². The number of hydrogen-bond acceptors (Lipinski definition) is 8. The molecule has 2 aromatic carbocycles. The van der Waals surface area contributed by atoms with Crippen molar-refractivity contribution in [2.24, 2.45) is 0 Å². The second kappa shape index (κ2) is 8.59. The Bertz CT molecular complexity index is 817. The summed E-state index contributed by atoms with van der Waals surface area (Å²) in [5, 5.41) is 58.2. The lowest BCUT2D eigenvalue weighted by molar-refractivity contribution is -0.277. The maximum atomic E-state index is 10.1. The molecule has 8 heteroatoms. The van der Waals surface area contributed by atoms with E-state index in [9.17, 15) is 30.6 Å². The SMILES string of the molecule is OC[C@@H]1O[C@H](Oc2cc(O)cc(C=Cc3ccc(O)cc3)c2)[C@@H](O)[C@H](O)[C@@H]1O. The molecule has 1 aliphatic heterocycles. The predicted molar refractivity (Wildman–Crippen MR) is 99.5 cm³/mol. The lowest BCUT2D eigenvalue weighted by Gasteiger charge is -2.39. The average Bonchev–Trinajstić information content (AvgIpc) is 2.67. The zero-order valence-electron chi connectivity index (χ0n) is 14.8. The Labute approximate surface area is 161 Å². The number of phenols is 2. The van der Waals surface area contributed by atoms with E-state index in [1.165, 1.54) is 12.1 Å². The van der Waals surface area contributed by atoms with Gasteiger partial charge in [-0.1, -0.05) is 24.3 Å². The molecule has 5 atom stereocenters. The maximum absolute atomic E-state index is 10.1. The van der Waals surface area contributed by atoms with E-state index in [0.29, 0.717) is 5.56 Å². The molecule has 6 N–H and O–H groups in total. The van der Waals surface area contributed by atoms with Gasteiger partial charge in [-0.15, -0.1) is 0 Å². The first-order valence-electron chi connectivity index (χ1n) is 8.65. The van der Waals surface area contributed by atoms with Gasteiger partial charge in [-0.05, 0) is 35.4 Å². The van der Waals surface area contributed by atoms with Gasteiger partial charge in [-0.3, -0.25) is 0 Å². The minimum Gasteiger partial charge on any atom is -0.508 e. The summed E-state index contributed by atoms with van der Waals surface area (Å²) in [5.74, 6) is 0.229. The van der Waals surface area contributed by atoms with Crippen LogP contribution in [0.4, 0.5) is 0 Å². The molecule has 1 saturated heterocycles. The van der Waals surface area contributed by atoms with E-state index >= 15 is 0 Å². The van der Waals surface area contributed by atoms with Gasteiger partial charge in [0.05, 0.1) is 6.61 Å². The van der Waals surface area contributed by atoms with E-state index in [-0.39, 0.29) is 17.2 Å². The van der Waals surface area contributed by atoms with Crippen LogP contribution in [0.5, 0.6) is 17.2 Å². The molecule has 0 aromatic heterocycles. The van der Waals surface area contributed by atoms with Gasteiger partial charge in [-0.2, -0.15) is 0 Å². The van der Waals surface area contributed by atoms with Crippen molar-refractivity contribution < 1.29 is 40.1 Å². The van der Waals surface area contributed by atoms with Crippen LogP contribution < -0.4 is 4.74 Å². The quantitative estimate of drug-likeness (QED) is 0.405. The summed E-state index contributed by atoms with van der Waals surface area (Å²) in [7, 11) is 0. The zero-order chi connectivity index (χ0) is 20.3. The van der Waals surface area contributed by atoms with Crippen molar-refractivity contribution in [1.82, 2.24) is 0 Å². The minimum atomic E-state index is -1.55. The molecule has 0 aliphatic carbocycles. The van der Waals surface area contributed by atoms with Gasteiger partial charge in [0.1, 0.15) is 41.7 Å². The fraction of sp³-hybridized carbons (Fsp3) is 0.300. The molecule has 8 nitrogen and oxygen atoms in total. The lowest BCUT2D eigenvalue weighted by Crippen LogP contribution is -2.60. The summed E-state index contributed by atoms with van der Waals surface area (Å²) in [5.41, 5.74) is 1.42. The predicted octanol–water partition coefficient (Wildman–Crippen LogP) is 0.447. The van der Waals surface area contributed by atoms with Crippen molar-refractivity contribution in [1.29, 1.82) is 0 Å². The van der Waals surface area contributed by atoms with Gasteiger partial charge in [0.2, 0.25) is 6.29 Å². The largest absolute Gasteiger partial charge is 0.508 e. The number of phenolic OH excluding ortho intramolecular Hbond substituents is 2. The molecule has 0 amide bonds. The van der Waals surface area contributed by atoms with E-state index < -0.39 is 37.3 Å². The first-order chi connectivity index (χ1) is 13.4. The Hall–Kier alpha value is -2.62. The van der Waals surface area contributed by atoms with Crippen LogP contribution in [0.25, 0.3) is 12.2 Å². The van der Waals surface area contributed by atoms with E-state index in [1.54, 1.807) is 42.5 Å². The van der Waals surface area contributed by atoms with Crippen LogP contribution in [0, 0.1) is 0 Å². The third kappa shape index (κ3) is 4.61. The lowest BCUT2D eigenvalue weighted by atomic mass is 9.99. The van der Waals surface area contributed by atoms with Crippen LogP contribution in [-0.4, -0.2) is 68.0 Å². The van der Waals surface area contributed by atoms with E-state index in [4.69, 9.17) is 9.47 Å². The fourth-order valence-corrected chi connectivity index (χ4v) is 2.85. The van der Waals surface area contributed by atoms with Gasteiger partial charge in [0, 0.05) is 6.07 Å². The molecule has 2 aromatic rings. The van der Waals surface area contributed by atoms with Crippen LogP contribution in [-0.2, 0) is 4.74 Å². The van der Waals surface area contributed by atoms with Gasteiger partial charge in [0.15, 0.2) is 0 Å². The highest BCUT2D eigenvalue weighted by Gasteiger charge is 2.44. The number of aromatic hydroxyl groups is 2. The molecule has 0 spiro atoms. The smallest absolute Gasteiger partial charge is 0.229 e. The topological polar surface area (TPSA) is 140 Å². The third-order valence-corrected chi connectivity index (χ3v) is 4.38. The van der Waals surface area contributed by atoms with Crippen LogP contribution in [0.3, 0.4) is 0 Å². The van der Waals surface area contributed by atoms with Crippen molar-refractivity contribution >= 4 is 12.2 Å². The van der Waals surface area contributed by atoms with Crippen molar-refractivity contribution in [3.8, 4) is 17.2 Å². The second-order valence-electron chi connectivity index (χ2n) is 6.50. The van der Waals surface area contributed by atoms with Crippen molar-refractivity contribution in [3.63, 3.8) is 0 Å². The first-order valence-corrected chi connectivity index (χ1v) is 8.65. The van der Waals surface area contributed by atoms with Crippen LogP contribution >= 0.6 is 0 Å². The highest BCUT2D eigenvalue weighted by atomic mass is 16.7. The van der Waals surface area contributed by atoms with Crippen molar-refractivity contribution in [3.05, 3.63) is 53.6 Å². The van der Waals surface area contributed by atoms with E-state index in [0.717, 1.165) is 5.56 Å². The molecular formula is C20H22O8. The molecular weight excluding hydrogens is 368 g/mol. The molecule has 28 heavy (non-hydrogen) atoms. The molecule has 3 rings (SSSR count). The van der Waals surface area contributed by atoms with Gasteiger partial charge in [-0.25, -0.2) is 0 Å². The van der Waals surface area contributed by atoms with Crippen molar-refractivity contribution in [2.45, 2.75) is 30.7 Å². The summed E-state index contributed by atoms with van der Waals surface area (Å²) >= 11 is 0. The van der Waals surface area contributed by atoms with Crippen LogP contribution in [0.2, 0.25) is 0 Å². The van der Waals surface area contributed by atoms with Gasteiger partial charge < -0.3 is 40.1 Å². The standard InChI is InChI=1S/C20H22O8/c21-10-16-17(24)18(25)19(26)20(28-16)27-15-8-12(7-14(23)9-15)2-1-11-3-5-13(22)6-4-11/h1-9,16-26H,10H2/t16-,17+,18+,19-,20-/m0/s1. The third-order valence-electron chi connectivity index (χ3n) is 4.38. The van der Waals surface area contributed by atoms with Crippen LogP contribution in [0.15, 0.2) is 42.5 Å². The van der Waals surface area contributed by atoms with E-state index in [2.05, 4.69) is 0 Å². The molecule has 0 saturated carbocycles. The fourth-order valence-electron chi connectivity index (χ4n) is 2.85. The molecule has 1 aliphatic rings. The Morgan fingerprint density at radius 1 is 0.821 bits per heavy atom. The van der Waals surface area contributed by atoms with Gasteiger partial charge >= 0.3 is 0 Å². The number of rotatable bonds is 5. The van der Waals surface area contributed by atoms with E-state index in [1.807, 2.05) is 0 Å². The monoisotopic (exact) mass is 390 g/mol. The van der Waals surface area contributed by atoms with Gasteiger partial charge in [0.25, 0.3) is 0 Å². The Balaban J connectivity index is 1.76. The summed E-state index contributed by atoms with van der Waals surface area (Å²) in [6.45, 7) is -0.564. The van der Waals surface area contributed by atoms with Crippen LogP contribution in [0.1, 0.15) is 11.1 Å². The molecule has 1 heterocycles. The summed E-state index contributed by atoms with van der Waals surface area (Å²) in [4.78, 5) is 0.